The number of hydrogen-bond acceptors (Lipinski definition) is 4. The monoisotopic (exact) mass is 307 g/mol. The Bertz CT molecular complexity index is 664. The van der Waals surface area contributed by atoms with Crippen LogP contribution in [0, 0.1) is 18.3 Å². The first-order valence-corrected chi connectivity index (χ1v) is 8.51. The van der Waals surface area contributed by atoms with Gasteiger partial charge in [0.15, 0.2) is 0 Å². The molecule has 1 heterocycles. The normalized spacial score (nSPS) is 21.7. The molecule has 1 unspecified atom stereocenters. The van der Waals surface area contributed by atoms with Crippen LogP contribution in [-0.4, -0.2) is 50.3 Å². The van der Waals surface area contributed by atoms with Crippen LogP contribution in [-0.2, 0) is 10.0 Å². The quantitative estimate of drug-likeness (QED) is 0.832. The van der Waals surface area contributed by atoms with Gasteiger partial charge in [0.2, 0.25) is 10.0 Å². The summed E-state index contributed by atoms with van der Waals surface area (Å²) in [5.41, 5.74) is 1.20. The van der Waals surface area contributed by atoms with Crippen molar-refractivity contribution in [3.05, 3.63) is 29.3 Å². The van der Waals surface area contributed by atoms with Gasteiger partial charge in [0.25, 0.3) is 0 Å². The lowest BCUT2D eigenvalue weighted by Crippen LogP contribution is -2.41. The number of benzene rings is 1. The van der Waals surface area contributed by atoms with Gasteiger partial charge in [-0.05, 0) is 57.6 Å². The van der Waals surface area contributed by atoms with Crippen LogP contribution in [0.3, 0.4) is 0 Å². The Kier molecular flexibility index (Phi) is 4.67. The third-order valence-electron chi connectivity index (χ3n) is 3.91. The second-order valence-electron chi connectivity index (χ2n) is 5.67. The average molecular weight is 307 g/mol. The molecule has 5 nitrogen and oxygen atoms in total. The number of hydrogen-bond donors (Lipinski definition) is 0. The Labute approximate surface area is 126 Å². The molecule has 0 spiro atoms. The molecule has 1 saturated heterocycles. The lowest BCUT2D eigenvalue weighted by atomic mass is 10.1. The maximum atomic E-state index is 12.8. The molecule has 0 aromatic heterocycles. The highest BCUT2D eigenvalue weighted by molar-refractivity contribution is 7.89. The Hall–Kier alpha value is -1.42. The Morgan fingerprint density at radius 2 is 2.05 bits per heavy atom. The first-order valence-electron chi connectivity index (χ1n) is 7.07. The molecule has 1 atom stereocenters. The maximum Gasteiger partial charge on any atom is 0.243 e. The third-order valence-corrected chi connectivity index (χ3v) is 5.92. The second-order valence-corrected chi connectivity index (χ2v) is 7.56. The molecule has 0 N–H and O–H groups in total. The molecular formula is C15H21N3O2S. The van der Waals surface area contributed by atoms with Crippen molar-refractivity contribution in [2.75, 3.05) is 26.7 Å². The van der Waals surface area contributed by atoms with E-state index in [0.29, 0.717) is 17.7 Å². The fourth-order valence-electron chi connectivity index (χ4n) is 2.76. The van der Waals surface area contributed by atoms with Crippen molar-refractivity contribution in [1.29, 1.82) is 5.26 Å². The fraction of sp³-hybridized carbons (Fsp3) is 0.533. The zero-order valence-corrected chi connectivity index (χ0v) is 13.5. The van der Waals surface area contributed by atoms with Crippen LogP contribution in [0.5, 0.6) is 0 Å². The predicted octanol–water partition coefficient (Wildman–Crippen LogP) is 1.58. The number of rotatable bonds is 2. The molecule has 1 aliphatic heterocycles. The fourth-order valence-corrected chi connectivity index (χ4v) is 4.51. The molecule has 2 rings (SSSR count). The van der Waals surface area contributed by atoms with E-state index in [1.54, 1.807) is 23.4 Å². The lowest BCUT2D eigenvalue weighted by Gasteiger charge is -2.27. The van der Waals surface area contributed by atoms with Crippen LogP contribution >= 0.6 is 0 Å². The van der Waals surface area contributed by atoms with Gasteiger partial charge in [0.05, 0.1) is 16.5 Å². The topological polar surface area (TPSA) is 64.4 Å². The van der Waals surface area contributed by atoms with Gasteiger partial charge in [0.1, 0.15) is 0 Å². The molecule has 0 bridgehead atoms. The first kappa shape index (κ1) is 16.0. The van der Waals surface area contributed by atoms with Crippen molar-refractivity contribution in [2.45, 2.75) is 31.2 Å². The van der Waals surface area contributed by atoms with Gasteiger partial charge in [0, 0.05) is 19.1 Å². The van der Waals surface area contributed by atoms with Gasteiger partial charge in [-0.15, -0.1) is 0 Å². The summed E-state index contributed by atoms with van der Waals surface area (Å²) in [6.07, 6.45) is 0.829. The van der Waals surface area contributed by atoms with Crippen LogP contribution in [0.25, 0.3) is 0 Å². The van der Waals surface area contributed by atoms with E-state index in [9.17, 15) is 8.42 Å². The summed E-state index contributed by atoms with van der Waals surface area (Å²) in [5.74, 6) is 0. The molecule has 1 aliphatic rings. The number of sulfonamides is 1. The second kappa shape index (κ2) is 6.14. The van der Waals surface area contributed by atoms with E-state index in [4.69, 9.17) is 5.26 Å². The highest BCUT2D eigenvalue weighted by Crippen LogP contribution is 2.23. The minimum Gasteiger partial charge on any atom is -0.305 e. The molecule has 1 aromatic carbocycles. The number of likely N-dealkylation sites (N-methyl/N-ethyl adjacent to an activating group) is 1. The van der Waals surface area contributed by atoms with E-state index in [-0.39, 0.29) is 10.9 Å². The molecule has 0 radical (unpaired) electrons. The zero-order chi connectivity index (χ0) is 15.6. The van der Waals surface area contributed by atoms with Gasteiger partial charge < -0.3 is 4.90 Å². The van der Waals surface area contributed by atoms with Crippen LogP contribution in [0.1, 0.15) is 24.5 Å². The highest BCUT2D eigenvalue weighted by atomic mass is 32.2. The molecule has 0 saturated carbocycles. The summed E-state index contributed by atoms with van der Waals surface area (Å²) >= 11 is 0. The minimum absolute atomic E-state index is 0.0570. The molecule has 21 heavy (non-hydrogen) atoms. The highest BCUT2D eigenvalue weighted by Gasteiger charge is 2.31. The van der Waals surface area contributed by atoms with E-state index in [1.165, 1.54) is 6.07 Å². The number of nitrogens with zero attached hydrogens (tertiary/aromatic N) is 3. The maximum absolute atomic E-state index is 12.8. The van der Waals surface area contributed by atoms with E-state index in [1.807, 2.05) is 14.0 Å². The van der Waals surface area contributed by atoms with Gasteiger partial charge in [-0.3, -0.25) is 0 Å². The zero-order valence-electron chi connectivity index (χ0n) is 12.7. The van der Waals surface area contributed by atoms with Crippen LogP contribution < -0.4 is 0 Å². The predicted molar refractivity (Wildman–Crippen MR) is 81.4 cm³/mol. The van der Waals surface area contributed by atoms with Crippen molar-refractivity contribution in [3.8, 4) is 6.07 Å². The van der Waals surface area contributed by atoms with Gasteiger partial charge in [-0.1, -0.05) is 0 Å². The van der Waals surface area contributed by atoms with Crippen LogP contribution in [0.15, 0.2) is 23.1 Å². The van der Waals surface area contributed by atoms with Crippen LogP contribution in [0.4, 0.5) is 0 Å². The molecular weight excluding hydrogens is 286 g/mol. The molecule has 6 heteroatoms. The Morgan fingerprint density at radius 3 is 2.67 bits per heavy atom. The number of aryl methyl sites for hydroxylation is 1. The number of nitriles is 1. The van der Waals surface area contributed by atoms with Crippen molar-refractivity contribution in [1.82, 2.24) is 9.21 Å². The molecule has 0 aliphatic carbocycles. The SMILES string of the molecule is Cc1cc(S(=O)(=O)N2CCCN(C)CC2C)ccc1C#N. The summed E-state index contributed by atoms with van der Waals surface area (Å²) in [5, 5.41) is 8.95. The van der Waals surface area contributed by atoms with Gasteiger partial charge in [-0.2, -0.15) is 9.57 Å². The molecule has 1 aromatic rings. The van der Waals surface area contributed by atoms with E-state index < -0.39 is 10.0 Å². The minimum atomic E-state index is -3.51. The van der Waals surface area contributed by atoms with Gasteiger partial charge in [-0.25, -0.2) is 8.42 Å². The Morgan fingerprint density at radius 1 is 1.33 bits per heavy atom. The van der Waals surface area contributed by atoms with E-state index in [2.05, 4.69) is 11.0 Å². The van der Waals surface area contributed by atoms with Crippen molar-refractivity contribution in [3.63, 3.8) is 0 Å². The largest absolute Gasteiger partial charge is 0.305 e. The molecule has 114 valence electrons. The lowest BCUT2D eigenvalue weighted by molar-refractivity contribution is 0.290. The van der Waals surface area contributed by atoms with E-state index in [0.717, 1.165) is 19.5 Å². The average Bonchev–Trinajstić information content (AvgIpc) is 2.59. The molecule has 1 fully saturated rings. The summed E-state index contributed by atoms with van der Waals surface area (Å²) in [6.45, 7) is 5.87. The van der Waals surface area contributed by atoms with E-state index >= 15 is 0 Å². The van der Waals surface area contributed by atoms with Crippen LogP contribution in [0.2, 0.25) is 0 Å². The summed E-state index contributed by atoms with van der Waals surface area (Å²) in [7, 11) is -1.50. The third kappa shape index (κ3) is 3.26. The standard InChI is InChI=1S/C15H21N3O2S/c1-12-9-15(6-5-14(12)10-16)21(19,20)18-8-4-7-17(3)11-13(18)2/h5-6,9,13H,4,7-8,11H2,1-3H3. The first-order chi connectivity index (χ1) is 9.86. The summed E-state index contributed by atoms with van der Waals surface area (Å²) < 4.78 is 27.2. The van der Waals surface area contributed by atoms with Crippen molar-refractivity contribution < 1.29 is 8.42 Å². The van der Waals surface area contributed by atoms with Crippen molar-refractivity contribution >= 4 is 10.0 Å². The summed E-state index contributed by atoms with van der Waals surface area (Å²) in [6, 6.07) is 6.71. The van der Waals surface area contributed by atoms with Crippen molar-refractivity contribution in [2.24, 2.45) is 0 Å². The Balaban J connectivity index is 2.37. The summed E-state index contributed by atoms with van der Waals surface area (Å²) in [4.78, 5) is 2.43. The smallest absolute Gasteiger partial charge is 0.243 e. The molecule has 0 amide bonds. The van der Waals surface area contributed by atoms with Gasteiger partial charge >= 0.3 is 0 Å².